The van der Waals surface area contributed by atoms with Gasteiger partial charge in [-0.3, -0.25) is 4.79 Å². The van der Waals surface area contributed by atoms with Crippen LogP contribution < -0.4 is 10.5 Å². The molecule has 1 rings (SSSR count). The van der Waals surface area contributed by atoms with E-state index in [0.29, 0.717) is 0 Å². The van der Waals surface area contributed by atoms with Gasteiger partial charge < -0.3 is 19.9 Å². The largest absolute Gasteiger partial charge is 0.465 e. The monoisotopic (exact) mass is 309 g/mol. The molecule has 0 saturated carbocycles. The zero-order valence-corrected chi connectivity index (χ0v) is 13.0. The maximum atomic E-state index is 12.3. The molecule has 0 aliphatic heterocycles. The van der Waals surface area contributed by atoms with Gasteiger partial charge in [-0.1, -0.05) is 6.07 Å². The molecule has 0 heterocycles. The fourth-order valence-electron chi connectivity index (χ4n) is 1.60. The lowest BCUT2D eigenvalue weighted by molar-refractivity contribution is -0.132. The molecule has 0 spiro atoms. The second-order valence-electron chi connectivity index (χ2n) is 5.35. The molecule has 0 fully saturated rings. The highest BCUT2D eigenvalue weighted by Crippen LogP contribution is 2.26. The topological polar surface area (TPSA) is 105 Å². The highest BCUT2D eigenvalue weighted by Gasteiger charge is 2.28. The molecule has 0 unspecified atom stereocenters. The fraction of sp³-hybridized carbons (Fsp3) is 0.400. The Morgan fingerprint density at radius 2 is 1.77 bits per heavy atom. The standard InChI is InChI=1S/C15H19NO6/c1-15(2,3)22-14(19)12-9(13(18)20-4)6-5-7-10(12)21-11(17)8-16/h5-7H,8,16H2,1-4H3. The van der Waals surface area contributed by atoms with E-state index in [1.165, 1.54) is 25.3 Å². The van der Waals surface area contributed by atoms with E-state index in [1.807, 2.05) is 0 Å². The summed E-state index contributed by atoms with van der Waals surface area (Å²) in [5.41, 5.74) is 4.18. The van der Waals surface area contributed by atoms with Crippen molar-refractivity contribution in [2.75, 3.05) is 13.7 Å². The summed E-state index contributed by atoms with van der Waals surface area (Å²) in [6.07, 6.45) is 0. The molecule has 0 aliphatic carbocycles. The molecule has 0 saturated heterocycles. The molecule has 2 N–H and O–H groups in total. The third kappa shape index (κ3) is 4.56. The summed E-state index contributed by atoms with van der Waals surface area (Å²) in [6.45, 7) is 4.67. The Labute approximate surface area is 128 Å². The van der Waals surface area contributed by atoms with Crippen molar-refractivity contribution in [2.24, 2.45) is 5.73 Å². The number of hydrogen-bond acceptors (Lipinski definition) is 7. The summed E-state index contributed by atoms with van der Waals surface area (Å²) in [5, 5.41) is 0. The minimum absolute atomic E-state index is 0.0564. The summed E-state index contributed by atoms with van der Waals surface area (Å²) in [4.78, 5) is 35.5. The van der Waals surface area contributed by atoms with Crippen LogP contribution >= 0.6 is 0 Å². The van der Waals surface area contributed by atoms with Crippen LogP contribution in [0.1, 0.15) is 41.5 Å². The smallest absolute Gasteiger partial charge is 0.343 e. The third-order valence-electron chi connectivity index (χ3n) is 2.43. The van der Waals surface area contributed by atoms with E-state index in [-0.39, 0.29) is 23.4 Å². The van der Waals surface area contributed by atoms with Gasteiger partial charge in [0.2, 0.25) is 0 Å². The Morgan fingerprint density at radius 1 is 1.14 bits per heavy atom. The second kappa shape index (κ2) is 7.04. The van der Waals surface area contributed by atoms with Crippen LogP contribution in [-0.2, 0) is 14.3 Å². The number of carbonyl (C=O) groups is 3. The summed E-state index contributed by atoms with van der Waals surface area (Å²) < 4.78 is 14.9. The summed E-state index contributed by atoms with van der Waals surface area (Å²) in [7, 11) is 1.18. The number of ether oxygens (including phenoxy) is 3. The van der Waals surface area contributed by atoms with E-state index in [2.05, 4.69) is 4.74 Å². The molecule has 1 aromatic rings. The van der Waals surface area contributed by atoms with Crippen molar-refractivity contribution in [3.63, 3.8) is 0 Å². The molecule has 22 heavy (non-hydrogen) atoms. The lowest BCUT2D eigenvalue weighted by Crippen LogP contribution is -2.27. The molecule has 1 aromatic carbocycles. The zero-order valence-electron chi connectivity index (χ0n) is 13.0. The Hall–Kier alpha value is -2.41. The average molecular weight is 309 g/mol. The summed E-state index contributed by atoms with van der Waals surface area (Å²) >= 11 is 0. The van der Waals surface area contributed by atoms with Crippen LogP contribution in [0.15, 0.2) is 18.2 Å². The van der Waals surface area contributed by atoms with E-state index in [9.17, 15) is 14.4 Å². The molecule has 0 radical (unpaired) electrons. The fourth-order valence-corrected chi connectivity index (χ4v) is 1.60. The van der Waals surface area contributed by atoms with E-state index in [1.54, 1.807) is 20.8 Å². The Bertz CT molecular complexity index is 588. The molecule has 7 heteroatoms. The first-order chi connectivity index (χ1) is 10.2. The SMILES string of the molecule is COC(=O)c1cccc(OC(=O)CN)c1C(=O)OC(C)(C)C. The van der Waals surface area contributed by atoms with Crippen LogP contribution in [0.5, 0.6) is 5.75 Å². The van der Waals surface area contributed by atoms with E-state index in [0.717, 1.165) is 0 Å². The number of hydrogen-bond donors (Lipinski definition) is 1. The van der Waals surface area contributed by atoms with Crippen molar-refractivity contribution >= 4 is 17.9 Å². The Balaban J connectivity index is 3.36. The molecule has 0 amide bonds. The molecule has 7 nitrogen and oxygen atoms in total. The van der Waals surface area contributed by atoms with Gasteiger partial charge in [-0.2, -0.15) is 0 Å². The van der Waals surface area contributed by atoms with Crippen molar-refractivity contribution in [3.8, 4) is 5.75 Å². The van der Waals surface area contributed by atoms with E-state index in [4.69, 9.17) is 15.2 Å². The van der Waals surface area contributed by atoms with Crippen molar-refractivity contribution in [3.05, 3.63) is 29.3 Å². The van der Waals surface area contributed by atoms with Crippen LogP contribution in [0.3, 0.4) is 0 Å². The van der Waals surface area contributed by atoms with Crippen LogP contribution in [0.25, 0.3) is 0 Å². The number of rotatable bonds is 4. The van der Waals surface area contributed by atoms with Gasteiger partial charge in [0.25, 0.3) is 0 Å². The second-order valence-corrected chi connectivity index (χ2v) is 5.35. The highest BCUT2D eigenvalue weighted by atomic mass is 16.6. The molecule has 0 bridgehead atoms. The number of carbonyl (C=O) groups excluding carboxylic acids is 3. The minimum atomic E-state index is -0.798. The molecule has 120 valence electrons. The predicted octanol–water partition coefficient (Wildman–Crippen LogP) is 1.29. The normalized spacial score (nSPS) is 10.8. The summed E-state index contributed by atoms with van der Waals surface area (Å²) in [5.74, 6) is -2.39. The average Bonchev–Trinajstić information content (AvgIpc) is 2.44. The maximum absolute atomic E-state index is 12.3. The van der Waals surface area contributed by atoms with Gasteiger partial charge in [0.05, 0.1) is 19.2 Å². The number of methoxy groups -OCH3 is 1. The van der Waals surface area contributed by atoms with Gasteiger partial charge in [0, 0.05) is 0 Å². The van der Waals surface area contributed by atoms with Gasteiger partial charge in [-0.05, 0) is 32.9 Å². The first-order valence-electron chi connectivity index (χ1n) is 6.55. The van der Waals surface area contributed by atoms with Crippen LogP contribution in [0.2, 0.25) is 0 Å². The Morgan fingerprint density at radius 3 is 2.27 bits per heavy atom. The lowest BCUT2D eigenvalue weighted by Gasteiger charge is -2.21. The van der Waals surface area contributed by atoms with Gasteiger partial charge >= 0.3 is 17.9 Å². The molecule has 0 aromatic heterocycles. The number of nitrogens with two attached hydrogens (primary N) is 1. The summed E-state index contributed by atoms with van der Waals surface area (Å²) in [6, 6.07) is 4.21. The van der Waals surface area contributed by atoms with Gasteiger partial charge in [0.1, 0.15) is 16.9 Å². The first-order valence-corrected chi connectivity index (χ1v) is 6.55. The van der Waals surface area contributed by atoms with Crippen LogP contribution in [-0.4, -0.2) is 37.2 Å². The predicted molar refractivity (Wildman–Crippen MR) is 77.6 cm³/mol. The zero-order chi connectivity index (χ0) is 16.9. The Kier molecular flexibility index (Phi) is 5.64. The van der Waals surface area contributed by atoms with Crippen molar-refractivity contribution in [2.45, 2.75) is 26.4 Å². The molecule has 0 aliphatic rings. The lowest BCUT2D eigenvalue weighted by atomic mass is 10.1. The quantitative estimate of drug-likeness (QED) is 0.660. The van der Waals surface area contributed by atoms with Crippen LogP contribution in [0.4, 0.5) is 0 Å². The molecular weight excluding hydrogens is 290 g/mol. The highest BCUT2D eigenvalue weighted by molar-refractivity contribution is 6.05. The van der Waals surface area contributed by atoms with Gasteiger partial charge in [0.15, 0.2) is 0 Å². The van der Waals surface area contributed by atoms with Crippen LogP contribution in [0, 0.1) is 0 Å². The van der Waals surface area contributed by atoms with Gasteiger partial charge in [-0.15, -0.1) is 0 Å². The van der Waals surface area contributed by atoms with Crippen molar-refractivity contribution in [1.29, 1.82) is 0 Å². The molecular formula is C15H19NO6. The van der Waals surface area contributed by atoms with E-state index < -0.39 is 23.5 Å². The van der Waals surface area contributed by atoms with Crippen molar-refractivity contribution < 1.29 is 28.6 Å². The maximum Gasteiger partial charge on any atom is 0.343 e. The third-order valence-corrected chi connectivity index (χ3v) is 2.43. The first kappa shape index (κ1) is 17.6. The molecule has 0 atom stereocenters. The van der Waals surface area contributed by atoms with Crippen molar-refractivity contribution in [1.82, 2.24) is 0 Å². The van der Waals surface area contributed by atoms with Gasteiger partial charge in [-0.25, -0.2) is 9.59 Å². The number of esters is 3. The number of benzene rings is 1. The minimum Gasteiger partial charge on any atom is -0.465 e. The van der Waals surface area contributed by atoms with E-state index >= 15 is 0 Å².